The molecule has 2 aromatic carbocycles. The number of hydrazine groups is 1. The highest BCUT2D eigenvalue weighted by Gasteiger charge is 2.51. The molecule has 0 spiro atoms. The number of benzene rings is 2. The summed E-state index contributed by atoms with van der Waals surface area (Å²) in [7, 11) is 1.35. The first-order chi connectivity index (χ1) is 24.1. The standard InChI is InChI=1S/C40H55N5O6/c1-27(23-29-15-11-10-12-16-29)33(49-28(2)24-42-37(46)51-40(6,7)8)26-45(25-30-18-20-31(21-19-30)32-17-13-14-22-41-32)44-36-34(50-36)35(39(3,4)5)43-38(47)48-9/h10-22,27,33-36,44H,2,23-26H2,1,3-9H3,(H,42,46)(H,43,47). The number of rotatable bonds is 16. The number of amides is 2. The van der Waals surface area contributed by atoms with Gasteiger partial charge in [-0.15, -0.1) is 0 Å². The van der Waals surface area contributed by atoms with Crippen LogP contribution < -0.4 is 16.1 Å². The van der Waals surface area contributed by atoms with Crippen LogP contribution in [0.25, 0.3) is 11.3 Å². The van der Waals surface area contributed by atoms with E-state index in [0.717, 1.165) is 23.2 Å². The lowest BCUT2D eigenvalue weighted by molar-refractivity contribution is 0.00836. The van der Waals surface area contributed by atoms with Gasteiger partial charge in [0.25, 0.3) is 0 Å². The molecule has 0 aliphatic carbocycles. The van der Waals surface area contributed by atoms with E-state index in [4.69, 9.17) is 18.9 Å². The van der Waals surface area contributed by atoms with Crippen LogP contribution in [0.15, 0.2) is 91.3 Å². The maximum absolute atomic E-state index is 12.4. The predicted octanol–water partition coefficient (Wildman–Crippen LogP) is 6.85. The number of carbonyl (C=O) groups excluding carboxylic acids is 2. The SMILES string of the molecule is C=C(CNC(=O)OC(C)(C)C)OC(CN(Cc1ccc(-c2ccccn2)cc1)NC1OC1C(NC(=O)OC)C(C)(C)C)C(C)Cc1ccccc1. The summed E-state index contributed by atoms with van der Waals surface area (Å²) in [5.74, 6) is 0.474. The van der Waals surface area contributed by atoms with Crippen molar-refractivity contribution in [2.75, 3.05) is 20.2 Å². The predicted molar refractivity (Wildman–Crippen MR) is 198 cm³/mol. The fraction of sp³-hybridized carbons (Fsp3) is 0.475. The van der Waals surface area contributed by atoms with Gasteiger partial charge in [-0.1, -0.05) is 94.9 Å². The maximum Gasteiger partial charge on any atom is 0.408 e. The summed E-state index contributed by atoms with van der Waals surface area (Å²) < 4.78 is 23.0. The van der Waals surface area contributed by atoms with Crippen LogP contribution in [-0.2, 0) is 31.9 Å². The first-order valence-corrected chi connectivity index (χ1v) is 17.5. The van der Waals surface area contributed by atoms with E-state index in [1.807, 2.05) is 57.2 Å². The molecular formula is C40H55N5O6. The minimum atomic E-state index is -0.623. The van der Waals surface area contributed by atoms with E-state index in [1.54, 1.807) is 6.20 Å². The van der Waals surface area contributed by atoms with Crippen LogP contribution in [0.5, 0.6) is 0 Å². The van der Waals surface area contributed by atoms with Crippen molar-refractivity contribution in [1.29, 1.82) is 0 Å². The van der Waals surface area contributed by atoms with Crippen molar-refractivity contribution in [3.05, 3.63) is 102 Å². The molecule has 5 atom stereocenters. The van der Waals surface area contributed by atoms with Gasteiger partial charge >= 0.3 is 12.2 Å². The average Bonchev–Trinajstić information content (AvgIpc) is 3.83. The number of ether oxygens (including phenoxy) is 4. The highest BCUT2D eigenvalue weighted by Crippen LogP contribution is 2.34. The van der Waals surface area contributed by atoms with Crippen molar-refractivity contribution in [2.24, 2.45) is 11.3 Å². The Kier molecular flexibility index (Phi) is 13.6. The first kappa shape index (κ1) is 39.3. The Balaban J connectivity index is 1.56. The summed E-state index contributed by atoms with van der Waals surface area (Å²) in [5.41, 5.74) is 6.85. The van der Waals surface area contributed by atoms with E-state index >= 15 is 0 Å². The average molecular weight is 702 g/mol. The van der Waals surface area contributed by atoms with Gasteiger partial charge in [0, 0.05) is 18.3 Å². The summed E-state index contributed by atoms with van der Waals surface area (Å²) in [6.45, 7) is 19.0. The number of nitrogens with zero attached hydrogens (tertiary/aromatic N) is 2. The summed E-state index contributed by atoms with van der Waals surface area (Å²) in [4.78, 5) is 29.1. The normalized spacial score (nSPS) is 17.5. The second kappa shape index (κ2) is 17.7. The topological polar surface area (TPSA) is 127 Å². The Morgan fingerprint density at radius 2 is 1.63 bits per heavy atom. The number of epoxide rings is 1. The number of pyridine rings is 1. The second-order valence-corrected chi connectivity index (χ2v) is 15.1. The van der Waals surface area contributed by atoms with Crippen LogP contribution in [0.4, 0.5) is 9.59 Å². The first-order valence-electron chi connectivity index (χ1n) is 17.5. The Bertz CT molecular complexity index is 1560. The van der Waals surface area contributed by atoms with Gasteiger partial charge in [-0.3, -0.25) is 4.98 Å². The van der Waals surface area contributed by atoms with Gasteiger partial charge in [-0.05, 0) is 61.8 Å². The molecule has 2 amide bonds. The smallest absolute Gasteiger partial charge is 0.408 e. The fourth-order valence-electron chi connectivity index (χ4n) is 5.74. The molecule has 5 unspecified atom stereocenters. The van der Waals surface area contributed by atoms with Crippen LogP contribution in [-0.4, -0.2) is 72.5 Å². The molecule has 11 nitrogen and oxygen atoms in total. The van der Waals surface area contributed by atoms with Gasteiger partial charge < -0.3 is 29.6 Å². The third-order valence-corrected chi connectivity index (χ3v) is 8.43. The molecule has 2 heterocycles. The molecule has 0 bridgehead atoms. The molecule has 0 saturated carbocycles. The molecule has 1 saturated heterocycles. The Labute approximate surface area is 303 Å². The van der Waals surface area contributed by atoms with E-state index in [0.29, 0.717) is 18.8 Å². The summed E-state index contributed by atoms with van der Waals surface area (Å²) in [5, 5.41) is 7.81. The minimum Gasteiger partial charge on any atom is -0.492 e. The number of methoxy groups -OCH3 is 1. The van der Waals surface area contributed by atoms with E-state index in [1.165, 1.54) is 12.7 Å². The van der Waals surface area contributed by atoms with Crippen molar-refractivity contribution in [3.8, 4) is 11.3 Å². The van der Waals surface area contributed by atoms with Gasteiger partial charge in [0.1, 0.15) is 29.8 Å². The number of hydrogen-bond donors (Lipinski definition) is 3. The van der Waals surface area contributed by atoms with Crippen molar-refractivity contribution in [1.82, 2.24) is 26.1 Å². The van der Waals surface area contributed by atoms with E-state index in [9.17, 15) is 9.59 Å². The lowest BCUT2D eigenvalue weighted by Crippen LogP contribution is -2.51. The van der Waals surface area contributed by atoms with Gasteiger partial charge in [-0.2, -0.15) is 0 Å². The molecule has 4 rings (SSSR count). The minimum absolute atomic E-state index is 0.0562. The molecule has 3 aromatic rings. The Morgan fingerprint density at radius 3 is 2.24 bits per heavy atom. The van der Waals surface area contributed by atoms with Crippen LogP contribution in [0, 0.1) is 11.3 Å². The van der Waals surface area contributed by atoms with Gasteiger partial charge in [-0.25, -0.2) is 20.0 Å². The van der Waals surface area contributed by atoms with Gasteiger partial charge in [0.2, 0.25) is 0 Å². The Morgan fingerprint density at radius 1 is 0.941 bits per heavy atom. The van der Waals surface area contributed by atoms with E-state index in [2.05, 4.69) is 96.7 Å². The van der Waals surface area contributed by atoms with E-state index < -0.39 is 17.8 Å². The van der Waals surface area contributed by atoms with Gasteiger partial charge in [0.05, 0.1) is 31.9 Å². The van der Waals surface area contributed by atoms with Crippen LogP contribution >= 0.6 is 0 Å². The Hall–Kier alpha value is -4.45. The van der Waals surface area contributed by atoms with Crippen molar-refractivity contribution in [2.45, 2.75) is 91.5 Å². The number of carbonyl (C=O) groups is 2. The third kappa shape index (κ3) is 13.0. The summed E-state index contributed by atoms with van der Waals surface area (Å²) >= 11 is 0. The lowest BCUT2D eigenvalue weighted by Gasteiger charge is -2.33. The van der Waals surface area contributed by atoms with Crippen molar-refractivity contribution in [3.63, 3.8) is 0 Å². The maximum atomic E-state index is 12.4. The molecule has 11 heteroatoms. The number of aromatic nitrogens is 1. The summed E-state index contributed by atoms with van der Waals surface area (Å²) in [6, 6.07) is 24.2. The monoisotopic (exact) mass is 701 g/mol. The molecular weight excluding hydrogens is 646 g/mol. The zero-order chi connectivity index (χ0) is 37.2. The molecule has 51 heavy (non-hydrogen) atoms. The van der Waals surface area contributed by atoms with Crippen LogP contribution in [0.3, 0.4) is 0 Å². The molecule has 1 aliphatic rings. The quantitative estimate of drug-likeness (QED) is 0.0835. The highest BCUT2D eigenvalue weighted by atomic mass is 16.6. The van der Waals surface area contributed by atoms with E-state index in [-0.39, 0.29) is 42.4 Å². The fourth-order valence-corrected chi connectivity index (χ4v) is 5.74. The van der Waals surface area contributed by atoms with Crippen molar-refractivity contribution < 1.29 is 28.5 Å². The lowest BCUT2D eigenvalue weighted by atomic mass is 9.84. The molecule has 0 radical (unpaired) electrons. The molecule has 1 aromatic heterocycles. The summed E-state index contributed by atoms with van der Waals surface area (Å²) in [6.07, 6.45) is 0.535. The van der Waals surface area contributed by atoms with Crippen LogP contribution in [0.2, 0.25) is 0 Å². The molecule has 276 valence electrons. The number of alkyl carbamates (subject to hydrolysis) is 2. The van der Waals surface area contributed by atoms with Gasteiger partial charge in [0.15, 0.2) is 0 Å². The number of nitrogens with one attached hydrogen (secondary N) is 3. The zero-order valence-electron chi connectivity index (χ0n) is 31.3. The molecule has 1 aliphatic heterocycles. The molecule has 1 fully saturated rings. The zero-order valence-corrected chi connectivity index (χ0v) is 31.3. The van der Waals surface area contributed by atoms with Crippen molar-refractivity contribution >= 4 is 12.2 Å². The third-order valence-electron chi connectivity index (χ3n) is 8.43. The number of hydrogen-bond acceptors (Lipinski definition) is 9. The molecule has 3 N–H and O–H groups in total. The highest BCUT2D eigenvalue weighted by molar-refractivity contribution is 5.68. The van der Waals surface area contributed by atoms with Crippen LogP contribution in [0.1, 0.15) is 59.6 Å². The largest absolute Gasteiger partial charge is 0.492 e. The second-order valence-electron chi connectivity index (χ2n) is 15.1.